The van der Waals surface area contributed by atoms with Gasteiger partial charge in [-0.05, 0) is 106 Å². The van der Waals surface area contributed by atoms with Crippen LogP contribution in [0.4, 0.5) is 0 Å². The van der Waals surface area contributed by atoms with Crippen LogP contribution in [0, 0.1) is 40.9 Å². The van der Waals surface area contributed by atoms with Gasteiger partial charge in [-0.1, -0.05) is 38.2 Å². The smallest absolute Gasteiger partial charge is 0.308 e. The predicted octanol–water partition coefficient (Wildman–Crippen LogP) is 7.04. The maximum atomic E-state index is 13.0. The van der Waals surface area contributed by atoms with Gasteiger partial charge in [0, 0.05) is 11.8 Å². The summed E-state index contributed by atoms with van der Waals surface area (Å²) >= 11 is 0. The van der Waals surface area contributed by atoms with Crippen molar-refractivity contribution in [1.82, 2.24) is 0 Å². The summed E-state index contributed by atoms with van der Waals surface area (Å²) in [6.07, 6.45) is 21.1. The Bertz CT molecular complexity index is 731. The van der Waals surface area contributed by atoms with Crippen molar-refractivity contribution in [2.45, 2.75) is 110 Å². The minimum atomic E-state index is 0.112. The predicted molar refractivity (Wildman–Crippen MR) is 127 cm³/mol. The SMILES string of the molecule is CCCC[C@H]1CC[C@H](C(=O)OC[C@@]23CCC[C@H]2[C@@H]2CCC4=CC(=O)CC[C@@H]4[C@H]2CC3)CC1. The summed E-state index contributed by atoms with van der Waals surface area (Å²) in [5.74, 6) is 4.42. The molecule has 3 heteroatoms. The first-order valence-corrected chi connectivity index (χ1v) is 14.0. The van der Waals surface area contributed by atoms with Gasteiger partial charge in [0.25, 0.3) is 0 Å². The Morgan fingerprint density at radius 1 is 1.00 bits per heavy atom. The number of allylic oxidation sites excluding steroid dienone is 1. The average molecular weight is 441 g/mol. The number of esters is 1. The Morgan fingerprint density at radius 3 is 2.66 bits per heavy atom. The Hall–Kier alpha value is -1.12. The van der Waals surface area contributed by atoms with Crippen molar-refractivity contribution < 1.29 is 14.3 Å². The van der Waals surface area contributed by atoms with Gasteiger partial charge in [0.2, 0.25) is 0 Å². The first-order chi connectivity index (χ1) is 15.6. The van der Waals surface area contributed by atoms with Crippen LogP contribution in [-0.2, 0) is 14.3 Å². The van der Waals surface area contributed by atoms with E-state index in [2.05, 4.69) is 6.92 Å². The van der Waals surface area contributed by atoms with Crippen LogP contribution in [0.3, 0.4) is 0 Å². The van der Waals surface area contributed by atoms with Crippen LogP contribution in [0.25, 0.3) is 0 Å². The number of hydrogen-bond donors (Lipinski definition) is 0. The average Bonchev–Trinajstić information content (AvgIpc) is 3.26. The quantitative estimate of drug-likeness (QED) is 0.416. The first kappa shape index (κ1) is 22.7. The van der Waals surface area contributed by atoms with Crippen LogP contribution in [0.15, 0.2) is 11.6 Å². The molecule has 0 radical (unpaired) electrons. The molecule has 0 N–H and O–H groups in total. The summed E-state index contributed by atoms with van der Waals surface area (Å²) in [6, 6.07) is 0. The van der Waals surface area contributed by atoms with Crippen LogP contribution in [-0.4, -0.2) is 18.4 Å². The van der Waals surface area contributed by atoms with Crippen molar-refractivity contribution in [1.29, 1.82) is 0 Å². The number of carbonyl (C=O) groups excluding carboxylic acids is 2. The van der Waals surface area contributed by atoms with E-state index in [-0.39, 0.29) is 17.3 Å². The van der Waals surface area contributed by atoms with Crippen LogP contribution < -0.4 is 0 Å². The number of ether oxygens (including phenoxy) is 1. The number of ketones is 1. The third kappa shape index (κ3) is 4.34. The fourth-order valence-corrected chi connectivity index (χ4v) is 8.74. The third-order valence-corrected chi connectivity index (χ3v) is 10.5. The zero-order valence-corrected chi connectivity index (χ0v) is 20.3. The molecule has 5 aliphatic rings. The molecule has 0 heterocycles. The largest absolute Gasteiger partial charge is 0.465 e. The van der Waals surface area contributed by atoms with E-state index in [9.17, 15) is 9.59 Å². The van der Waals surface area contributed by atoms with Crippen molar-refractivity contribution >= 4 is 11.8 Å². The zero-order valence-electron chi connectivity index (χ0n) is 20.3. The van der Waals surface area contributed by atoms with Gasteiger partial charge in [-0.25, -0.2) is 0 Å². The second-order valence-corrected chi connectivity index (χ2v) is 12.1. The normalized spacial score (nSPS) is 41.3. The molecule has 0 aliphatic heterocycles. The van der Waals surface area contributed by atoms with Crippen molar-refractivity contribution in [2.75, 3.05) is 6.61 Å². The molecule has 5 aliphatic carbocycles. The fraction of sp³-hybridized carbons (Fsp3) is 0.862. The molecule has 5 atom stereocenters. The summed E-state index contributed by atoms with van der Waals surface area (Å²) < 4.78 is 6.15. The first-order valence-electron chi connectivity index (χ1n) is 14.0. The number of hydrogen-bond acceptors (Lipinski definition) is 3. The summed E-state index contributed by atoms with van der Waals surface area (Å²) in [7, 11) is 0. The third-order valence-electron chi connectivity index (χ3n) is 10.5. The van der Waals surface area contributed by atoms with Crippen molar-refractivity contribution in [3.05, 3.63) is 11.6 Å². The summed E-state index contributed by atoms with van der Waals surface area (Å²) in [5, 5.41) is 0. The van der Waals surface area contributed by atoms with Crippen molar-refractivity contribution in [3.63, 3.8) is 0 Å². The second-order valence-electron chi connectivity index (χ2n) is 12.1. The molecule has 178 valence electrons. The van der Waals surface area contributed by atoms with Gasteiger partial charge in [0.1, 0.15) is 0 Å². The molecule has 0 aromatic carbocycles. The molecule has 0 bridgehead atoms. The highest BCUT2D eigenvalue weighted by atomic mass is 16.5. The highest BCUT2D eigenvalue weighted by Gasteiger charge is 2.55. The molecule has 0 aromatic rings. The molecular weight excluding hydrogens is 396 g/mol. The van der Waals surface area contributed by atoms with E-state index >= 15 is 0 Å². The molecular formula is C29H44O3. The van der Waals surface area contributed by atoms with E-state index in [1.165, 1.54) is 76.2 Å². The molecule has 0 amide bonds. The molecule has 0 aromatic heterocycles. The van der Waals surface area contributed by atoms with E-state index in [4.69, 9.17) is 4.74 Å². The van der Waals surface area contributed by atoms with Gasteiger partial charge < -0.3 is 4.74 Å². The van der Waals surface area contributed by atoms with E-state index in [0.717, 1.165) is 55.8 Å². The standard InChI is InChI=1S/C29H44O3/c1-2-3-5-20-7-9-21(10-8-20)28(31)32-19-29-16-4-6-27(29)26-13-11-22-18-23(30)12-14-24(22)25(26)15-17-29/h18,20-21,24-27H,2-17,19H2,1H3/t20-,21-,24-,25+,26+,27-,29-/m0/s1. The highest BCUT2D eigenvalue weighted by molar-refractivity contribution is 5.91. The van der Waals surface area contributed by atoms with Crippen LogP contribution in [0.5, 0.6) is 0 Å². The molecule has 3 nitrogen and oxygen atoms in total. The lowest BCUT2D eigenvalue weighted by molar-refractivity contribution is -0.158. The van der Waals surface area contributed by atoms with Gasteiger partial charge in [-0.2, -0.15) is 0 Å². The number of unbranched alkanes of at least 4 members (excludes halogenated alkanes) is 1. The van der Waals surface area contributed by atoms with Crippen molar-refractivity contribution in [3.8, 4) is 0 Å². The molecule has 5 rings (SSSR count). The molecule has 0 spiro atoms. The Morgan fingerprint density at radius 2 is 1.84 bits per heavy atom. The number of carbonyl (C=O) groups is 2. The van der Waals surface area contributed by atoms with E-state index in [0.29, 0.717) is 18.3 Å². The summed E-state index contributed by atoms with van der Waals surface area (Å²) in [4.78, 5) is 24.9. The summed E-state index contributed by atoms with van der Waals surface area (Å²) in [5.41, 5.74) is 1.72. The lowest BCUT2D eigenvalue weighted by atomic mass is 9.52. The van der Waals surface area contributed by atoms with Gasteiger partial charge >= 0.3 is 5.97 Å². The molecule has 4 fully saturated rings. The lowest BCUT2D eigenvalue weighted by Gasteiger charge is -2.53. The minimum Gasteiger partial charge on any atom is -0.465 e. The van der Waals surface area contributed by atoms with Crippen LogP contribution in [0.2, 0.25) is 0 Å². The number of rotatable bonds is 6. The van der Waals surface area contributed by atoms with Gasteiger partial charge in [-0.15, -0.1) is 0 Å². The van der Waals surface area contributed by atoms with Gasteiger partial charge in [-0.3, -0.25) is 9.59 Å². The van der Waals surface area contributed by atoms with E-state index in [1.807, 2.05) is 6.08 Å². The number of fused-ring (bicyclic) bond motifs is 5. The van der Waals surface area contributed by atoms with E-state index < -0.39 is 0 Å². The fourth-order valence-electron chi connectivity index (χ4n) is 8.74. The maximum absolute atomic E-state index is 13.0. The van der Waals surface area contributed by atoms with Crippen molar-refractivity contribution in [2.24, 2.45) is 40.9 Å². The molecule has 32 heavy (non-hydrogen) atoms. The van der Waals surface area contributed by atoms with Crippen LogP contribution in [0.1, 0.15) is 110 Å². The van der Waals surface area contributed by atoms with Crippen LogP contribution >= 0.6 is 0 Å². The molecule has 0 unspecified atom stereocenters. The van der Waals surface area contributed by atoms with E-state index in [1.54, 1.807) is 0 Å². The Labute approximate surface area is 195 Å². The monoisotopic (exact) mass is 440 g/mol. The topological polar surface area (TPSA) is 43.4 Å². The summed E-state index contributed by atoms with van der Waals surface area (Å²) in [6.45, 7) is 2.95. The van der Waals surface area contributed by atoms with Gasteiger partial charge in [0.05, 0.1) is 12.5 Å². The lowest BCUT2D eigenvalue weighted by Crippen LogP contribution is -2.47. The second kappa shape index (κ2) is 9.63. The Kier molecular flexibility index (Phi) is 6.82. The molecule has 4 saturated carbocycles. The zero-order chi connectivity index (χ0) is 22.1. The highest BCUT2D eigenvalue weighted by Crippen LogP contribution is 2.62. The molecule has 0 saturated heterocycles. The maximum Gasteiger partial charge on any atom is 0.308 e. The Balaban J connectivity index is 1.18. The van der Waals surface area contributed by atoms with Gasteiger partial charge in [0.15, 0.2) is 5.78 Å². The minimum absolute atomic E-state index is 0.112.